The van der Waals surface area contributed by atoms with Crippen molar-refractivity contribution >= 4 is 11.8 Å². The highest BCUT2D eigenvalue weighted by molar-refractivity contribution is 6.01. The quantitative estimate of drug-likeness (QED) is 0.690. The summed E-state index contributed by atoms with van der Waals surface area (Å²) in [7, 11) is 0. The first-order valence-electron chi connectivity index (χ1n) is 10.5. The van der Waals surface area contributed by atoms with Crippen molar-refractivity contribution in [3.8, 4) is 0 Å². The maximum Gasteiger partial charge on any atom is 0.267 e. The summed E-state index contributed by atoms with van der Waals surface area (Å²) in [5, 5.41) is 6.48. The third kappa shape index (κ3) is 4.39. The van der Waals surface area contributed by atoms with E-state index in [0.29, 0.717) is 12.2 Å². The Bertz CT molecular complexity index is 1000. The summed E-state index contributed by atoms with van der Waals surface area (Å²) in [6, 6.07) is 5.82. The zero-order valence-electron chi connectivity index (χ0n) is 17.7. The lowest BCUT2D eigenvalue weighted by Crippen LogP contribution is -2.43. The van der Waals surface area contributed by atoms with Crippen LogP contribution in [-0.2, 0) is 29.2 Å². The highest BCUT2D eigenvalue weighted by Crippen LogP contribution is 2.21. The van der Waals surface area contributed by atoms with E-state index in [0.717, 1.165) is 38.3 Å². The topological polar surface area (TPSA) is 90.4 Å². The molecule has 0 bridgehead atoms. The van der Waals surface area contributed by atoms with Crippen LogP contribution in [0.3, 0.4) is 0 Å². The van der Waals surface area contributed by atoms with Crippen LogP contribution < -0.4 is 10.9 Å². The monoisotopic (exact) mass is 411 g/mol. The number of amides is 2. The van der Waals surface area contributed by atoms with Gasteiger partial charge in [0.05, 0.1) is 18.8 Å². The number of likely N-dealkylation sites (tertiary alicyclic amines) is 1. The van der Waals surface area contributed by atoms with Crippen LogP contribution in [0.4, 0.5) is 0 Å². The van der Waals surface area contributed by atoms with Gasteiger partial charge in [-0.05, 0) is 30.5 Å². The molecule has 160 valence electrons. The van der Waals surface area contributed by atoms with E-state index >= 15 is 0 Å². The molecule has 1 aromatic heterocycles. The number of nitrogens with zero attached hydrogens (tertiary/aromatic N) is 3. The van der Waals surface area contributed by atoms with E-state index in [4.69, 9.17) is 0 Å². The zero-order valence-corrected chi connectivity index (χ0v) is 17.7. The number of aryl methyl sites for hydroxylation is 2. The van der Waals surface area contributed by atoms with Crippen LogP contribution in [0.2, 0.25) is 0 Å². The third-order valence-corrected chi connectivity index (χ3v) is 5.96. The average molecular weight is 412 g/mol. The second-order valence-electron chi connectivity index (χ2n) is 8.33. The van der Waals surface area contributed by atoms with E-state index in [2.05, 4.69) is 41.3 Å². The van der Waals surface area contributed by atoms with Crippen molar-refractivity contribution in [3.05, 3.63) is 56.5 Å². The molecule has 3 heterocycles. The molecule has 2 amide bonds. The second kappa shape index (κ2) is 8.57. The van der Waals surface area contributed by atoms with Crippen molar-refractivity contribution < 1.29 is 9.59 Å². The Labute approximate surface area is 175 Å². The van der Waals surface area contributed by atoms with Gasteiger partial charge < -0.3 is 5.32 Å². The van der Waals surface area contributed by atoms with Gasteiger partial charge in [0, 0.05) is 51.6 Å². The van der Waals surface area contributed by atoms with Gasteiger partial charge in [0.2, 0.25) is 11.8 Å². The number of hydrogen-bond donors (Lipinski definition) is 2. The van der Waals surface area contributed by atoms with Gasteiger partial charge in [-0.2, -0.15) is 0 Å². The lowest BCUT2D eigenvalue weighted by Gasteiger charge is -2.29. The molecule has 2 aliphatic heterocycles. The van der Waals surface area contributed by atoms with Crippen molar-refractivity contribution in [2.75, 3.05) is 26.2 Å². The summed E-state index contributed by atoms with van der Waals surface area (Å²) in [5.74, 6) is -0.359. The number of carbonyl (C=O) groups excluding carboxylic acids is 2. The van der Waals surface area contributed by atoms with E-state index in [-0.39, 0.29) is 36.8 Å². The van der Waals surface area contributed by atoms with Crippen LogP contribution in [0.5, 0.6) is 0 Å². The molecule has 0 saturated carbocycles. The molecule has 2 aliphatic rings. The van der Waals surface area contributed by atoms with Crippen LogP contribution in [0.15, 0.2) is 23.0 Å². The molecule has 8 heteroatoms. The van der Waals surface area contributed by atoms with Crippen molar-refractivity contribution in [3.63, 3.8) is 0 Å². The van der Waals surface area contributed by atoms with Crippen LogP contribution in [-0.4, -0.2) is 57.6 Å². The first-order valence-corrected chi connectivity index (χ1v) is 10.5. The van der Waals surface area contributed by atoms with Gasteiger partial charge in [-0.1, -0.05) is 17.7 Å². The van der Waals surface area contributed by atoms with Crippen LogP contribution in [0, 0.1) is 13.8 Å². The first-order chi connectivity index (χ1) is 14.4. The average Bonchev–Trinajstić information content (AvgIpc) is 3.21. The molecule has 0 atom stereocenters. The molecule has 0 aliphatic carbocycles. The minimum atomic E-state index is -0.179. The smallest absolute Gasteiger partial charge is 0.267 e. The molecule has 30 heavy (non-hydrogen) atoms. The van der Waals surface area contributed by atoms with Gasteiger partial charge in [0.25, 0.3) is 5.56 Å². The van der Waals surface area contributed by atoms with Crippen LogP contribution in [0.1, 0.15) is 40.8 Å². The number of benzene rings is 1. The van der Waals surface area contributed by atoms with E-state index in [1.165, 1.54) is 27.7 Å². The molecule has 2 aromatic rings. The molecule has 0 spiro atoms. The predicted octanol–water partition coefficient (Wildman–Crippen LogP) is 0.896. The summed E-state index contributed by atoms with van der Waals surface area (Å²) in [5.41, 5.74) is 5.20. The molecular formula is C22H29N5O3. The molecule has 2 N–H and O–H groups in total. The van der Waals surface area contributed by atoms with Crippen LogP contribution >= 0.6 is 0 Å². The van der Waals surface area contributed by atoms with Crippen molar-refractivity contribution in [1.29, 1.82) is 0 Å². The van der Waals surface area contributed by atoms with E-state index in [9.17, 15) is 14.4 Å². The normalized spacial score (nSPS) is 17.9. The Hall–Kier alpha value is -2.71. The Morgan fingerprint density at radius 1 is 0.900 bits per heavy atom. The standard InChI is InChI=1S/C22H29N5O3/c1-15-9-16(2)19(14-25-7-5-23-6-8-25)17(10-15)12-27-22(30)11-18(24-27)13-26-20(28)3-4-21(26)29/h9-11,23-24H,3-8,12-14H2,1-2H3. The SMILES string of the molecule is Cc1cc(C)c(CN2CCNCC2)c(Cn2[nH]c(CN3C(=O)CCC3=O)cc2=O)c1. The van der Waals surface area contributed by atoms with E-state index in [1.54, 1.807) is 4.68 Å². The van der Waals surface area contributed by atoms with E-state index in [1.807, 2.05) is 0 Å². The summed E-state index contributed by atoms with van der Waals surface area (Å²) >= 11 is 0. The summed E-state index contributed by atoms with van der Waals surface area (Å²) < 4.78 is 1.57. The van der Waals surface area contributed by atoms with Gasteiger partial charge in [-0.25, -0.2) is 4.68 Å². The Kier molecular flexibility index (Phi) is 5.87. The highest BCUT2D eigenvalue weighted by Gasteiger charge is 2.29. The summed E-state index contributed by atoms with van der Waals surface area (Å²) in [6.45, 7) is 9.63. The maximum atomic E-state index is 12.6. The van der Waals surface area contributed by atoms with Gasteiger partial charge >= 0.3 is 0 Å². The Morgan fingerprint density at radius 3 is 2.30 bits per heavy atom. The molecule has 8 nitrogen and oxygen atoms in total. The van der Waals surface area contributed by atoms with Gasteiger partial charge in [0.1, 0.15) is 0 Å². The second-order valence-corrected chi connectivity index (χ2v) is 8.33. The molecular weight excluding hydrogens is 382 g/mol. The van der Waals surface area contributed by atoms with Gasteiger partial charge in [0.15, 0.2) is 0 Å². The number of aromatic nitrogens is 2. The fourth-order valence-corrected chi connectivity index (χ4v) is 4.37. The molecule has 0 unspecified atom stereocenters. The number of rotatable bonds is 6. The number of carbonyl (C=O) groups is 2. The van der Waals surface area contributed by atoms with Crippen molar-refractivity contribution in [2.24, 2.45) is 0 Å². The largest absolute Gasteiger partial charge is 0.314 e. The molecule has 2 saturated heterocycles. The summed E-state index contributed by atoms with van der Waals surface area (Å²) in [4.78, 5) is 40.0. The fraction of sp³-hybridized carbons (Fsp3) is 0.500. The lowest BCUT2D eigenvalue weighted by atomic mass is 9.98. The number of hydrogen-bond acceptors (Lipinski definition) is 5. The zero-order chi connectivity index (χ0) is 21.3. The highest BCUT2D eigenvalue weighted by atomic mass is 16.2. The molecule has 4 rings (SSSR count). The number of imide groups is 1. The summed E-state index contributed by atoms with van der Waals surface area (Å²) in [6.07, 6.45) is 0.503. The van der Waals surface area contributed by atoms with Gasteiger partial charge in [-0.3, -0.25) is 29.3 Å². The van der Waals surface area contributed by atoms with Crippen molar-refractivity contribution in [1.82, 2.24) is 24.9 Å². The molecule has 1 aromatic carbocycles. The van der Waals surface area contributed by atoms with Gasteiger partial charge in [-0.15, -0.1) is 0 Å². The molecule has 0 radical (unpaired) electrons. The lowest BCUT2D eigenvalue weighted by molar-refractivity contribution is -0.139. The number of piperazine rings is 1. The third-order valence-electron chi connectivity index (χ3n) is 5.96. The number of aromatic amines is 1. The minimum absolute atomic E-state index is 0.125. The Balaban J connectivity index is 1.56. The Morgan fingerprint density at radius 2 is 1.60 bits per heavy atom. The minimum Gasteiger partial charge on any atom is -0.314 e. The number of H-pyrrole nitrogens is 1. The maximum absolute atomic E-state index is 12.6. The fourth-order valence-electron chi connectivity index (χ4n) is 4.37. The predicted molar refractivity (Wildman–Crippen MR) is 113 cm³/mol. The van der Waals surface area contributed by atoms with E-state index < -0.39 is 0 Å². The number of nitrogens with one attached hydrogen (secondary N) is 2. The molecule has 2 fully saturated rings. The first kappa shape index (κ1) is 20.6. The van der Waals surface area contributed by atoms with Crippen LogP contribution in [0.25, 0.3) is 0 Å². The van der Waals surface area contributed by atoms with Crippen molar-refractivity contribution in [2.45, 2.75) is 46.3 Å².